The van der Waals surface area contributed by atoms with E-state index in [9.17, 15) is 8.78 Å². The minimum absolute atomic E-state index is 0.174. The number of rotatable bonds is 6. The molecule has 0 aromatic heterocycles. The van der Waals surface area contributed by atoms with Gasteiger partial charge in [-0.25, -0.2) is 8.78 Å². The Kier molecular flexibility index (Phi) is 5.49. The van der Waals surface area contributed by atoms with Crippen LogP contribution >= 0.6 is 0 Å². The fraction of sp³-hybridized carbons (Fsp3) is 0.625. The minimum Gasteiger partial charge on any atom is -0.310 e. The third-order valence-electron chi connectivity index (χ3n) is 3.99. The molecule has 0 saturated carbocycles. The smallest absolute Gasteiger partial charge is 0.163 e. The molecule has 2 rings (SSSR count). The van der Waals surface area contributed by atoms with E-state index in [1.807, 2.05) is 6.92 Å². The van der Waals surface area contributed by atoms with Crippen LogP contribution in [0.1, 0.15) is 38.3 Å². The van der Waals surface area contributed by atoms with Gasteiger partial charge < -0.3 is 10.2 Å². The molecule has 0 spiro atoms. The second-order valence-electron chi connectivity index (χ2n) is 5.89. The summed E-state index contributed by atoms with van der Waals surface area (Å²) in [7, 11) is 0. The van der Waals surface area contributed by atoms with Crippen molar-refractivity contribution >= 4 is 0 Å². The van der Waals surface area contributed by atoms with E-state index in [1.165, 1.54) is 25.9 Å². The Bertz CT molecular complexity index is 430. The van der Waals surface area contributed by atoms with Crippen molar-refractivity contribution in [2.24, 2.45) is 5.92 Å². The lowest BCUT2D eigenvalue weighted by Gasteiger charge is -2.23. The number of likely N-dealkylation sites (tertiary alicyclic amines) is 1. The first-order chi connectivity index (χ1) is 9.58. The van der Waals surface area contributed by atoms with E-state index >= 15 is 0 Å². The highest BCUT2D eigenvalue weighted by atomic mass is 19.2. The predicted molar refractivity (Wildman–Crippen MR) is 77.6 cm³/mol. The van der Waals surface area contributed by atoms with Gasteiger partial charge in [-0.2, -0.15) is 0 Å². The Balaban J connectivity index is 1.81. The normalized spacial score (nSPS) is 19.2. The predicted octanol–water partition coefficient (Wildman–Crippen LogP) is 3.35. The molecular formula is C16H24F2N2. The Morgan fingerprint density at radius 2 is 1.90 bits per heavy atom. The molecule has 1 fully saturated rings. The van der Waals surface area contributed by atoms with Crippen LogP contribution in [0.15, 0.2) is 18.2 Å². The molecule has 0 aliphatic carbocycles. The Hall–Kier alpha value is -1.00. The van der Waals surface area contributed by atoms with Crippen LogP contribution in [0.2, 0.25) is 0 Å². The molecule has 1 saturated heterocycles. The monoisotopic (exact) mass is 282 g/mol. The molecule has 2 atom stereocenters. The maximum atomic E-state index is 13.7. The quantitative estimate of drug-likeness (QED) is 0.861. The zero-order valence-electron chi connectivity index (χ0n) is 12.3. The molecule has 20 heavy (non-hydrogen) atoms. The van der Waals surface area contributed by atoms with Crippen molar-refractivity contribution in [2.75, 3.05) is 26.2 Å². The average Bonchev–Trinajstić information content (AvgIpc) is 2.92. The molecule has 0 amide bonds. The van der Waals surface area contributed by atoms with E-state index in [0.717, 1.165) is 19.2 Å². The first kappa shape index (κ1) is 15.4. The summed E-state index contributed by atoms with van der Waals surface area (Å²) in [6, 6.07) is 4.18. The molecule has 112 valence electrons. The van der Waals surface area contributed by atoms with Gasteiger partial charge in [0, 0.05) is 18.2 Å². The zero-order valence-corrected chi connectivity index (χ0v) is 12.3. The number of nitrogens with one attached hydrogen (secondary N) is 1. The van der Waals surface area contributed by atoms with Crippen molar-refractivity contribution < 1.29 is 8.78 Å². The standard InChI is InChI=1S/C16H24F2N2/c1-12(11-20-8-3-4-9-20)10-19-13(2)14-6-5-7-15(17)16(14)18/h5-7,12-13,19H,3-4,8-11H2,1-2H3. The van der Waals surface area contributed by atoms with E-state index in [2.05, 4.69) is 17.1 Å². The fourth-order valence-corrected chi connectivity index (χ4v) is 2.81. The second-order valence-corrected chi connectivity index (χ2v) is 5.89. The van der Waals surface area contributed by atoms with Gasteiger partial charge in [-0.05, 0) is 51.4 Å². The highest BCUT2D eigenvalue weighted by Gasteiger charge is 2.17. The molecule has 1 heterocycles. The Morgan fingerprint density at radius 3 is 2.60 bits per heavy atom. The first-order valence-electron chi connectivity index (χ1n) is 7.47. The molecule has 0 bridgehead atoms. The van der Waals surface area contributed by atoms with Crippen molar-refractivity contribution in [3.8, 4) is 0 Å². The number of benzene rings is 1. The summed E-state index contributed by atoms with van der Waals surface area (Å²) in [5.74, 6) is -1.01. The molecule has 1 aliphatic rings. The van der Waals surface area contributed by atoms with Gasteiger partial charge in [0.05, 0.1) is 0 Å². The highest BCUT2D eigenvalue weighted by molar-refractivity contribution is 5.21. The van der Waals surface area contributed by atoms with Crippen LogP contribution in [0.25, 0.3) is 0 Å². The third-order valence-corrected chi connectivity index (χ3v) is 3.99. The molecular weight excluding hydrogens is 258 g/mol. The average molecular weight is 282 g/mol. The molecule has 1 N–H and O–H groups in total. The van der Waals surface area contributed by atoms with Crippen molar-refractivity contribution in [3.05, 3.63) is 35.4 Å². The van der Waals surface area contributed by atoms with Crippen LogP contribution in [0.3, 0.4) is 0 Å². The molecule has 1 aromatic rings. The number of halogens is 2. The van der Waals surface area contributed by atoms with Crippen LogP contribution in [0.4, 0.5) is 8.78 Å². The maximum Gasteiger partial charge on any atom is 0.163 e. The topological polar surface area (TPSA) is 15.3 Å². The summed E-state index contributed by atoms with van der Waals surface area (Å²) >= 11 is 0. The summed E-state index contributed by atoms with van der Waals surface area (Å²) in [5.41, 5.74) is 0.401. The van der Waals surface area contributed by atoms with Gasteiger partial charge in [-0.15, -0.1) is 0 Å². The lowest BCUT2D eigenvalue weighted by atomic mass is 10.1. The fourth-order valence-electron chi connectivity index (χ4n) is 2.81. The van der Waals surface area contributed by atoms with E-state index in [1.54, 1.807) is 12.1 Å². The van der Waals surface area contributed by atoms with E-state index < -0.39 is 11.6 Å². The molecule has 2 unspecified atom stereocenters. The minimum atomic E-state index is -0.777. The molecule has 4 heteroatoms. The van der Waals surface area contributed by atoms with E-state index in [4.69, 9.17) is 0 Å². The molecule has 1 aliphatic heterocycles. The van der Waals surface area contributed by atoms with Gasteiger partial charge in [0.2, 0.25) is 0 Å². The zero-order chi connectivity index (χ0) is 14.5. The number of hydrogen-bond acceptors (Lipinski definition) is 2. The Labute approximate surface area is 120 Å². The summed E-state index contributed by atoms with van der Waals surface area (Å²) in [6.07, 6.45) is 2.59. The Morgan fingerprint density at radius 1 is 1.20 bits per heavy atom. The molecule has 1 aromatic carbocycles. The summed E-state index contributed by atoms with van der Waals surface area (Å²) in [5, 5.41) is 3.31. The number of nitrogens with zero attached hydrogens (tertiary/aromatic N) is 1. The lowest BCUT2D eigenvalue weighted by Crippen LogP contribution is -2.33. The molecule has 0 radical (unpaired) electrons. The summed E-state index contributed by atoms with van der Waals surface area (Å²) < 4.78 is 26.9. The van der Waals surface area contributed by atoms with E-state index in [0.29, 0.717) is 11.5 Å². The van der Waals surface area contributed by atoms with Crippen molar-refractivity contribution in [2.45, 2.75) is 32.7 Å². The van der Waals surface area contributed by atoms with Gasteiger partial charge in [0.15, 0.2) is 11.6 Å². The van der Waals surface area contributed by atoms with Crippen LogP contribution < -0.4 is 5.32 Å². The van der Waals surface area contributed by atoms with Gasteiger partial charge in [-0.1, -0.05) is 19.1 Å². The third kappa shape index (κ3) is 4.00. The SMILES string of the molecule is CC(CNC(C)c1cccc(F)c1F)CN1CCCC1. The van der Waals surface area contributed by atoms with Crippen LogP contribution in [0, 0.1) is 17.6 Å². The van der Waals surface area contributed by atoms with Gasteiger partial charge >= 0.3 is 0 Å². The van der Waals surface area contributed by atoms with Gasteiger partial charge in [-0.3, -0.25) is 0 Å². The van der Waals surface area contributed by atoms with Crippen molar-refractivity contribution in [1.29, 1.82) is 0 Å². The summed E-state index contributed by atoms with van der Waals surface area (Å²) in [4.78, 5) is 2.47. The maximum absolute atomic E-state index is 13.7. The van der Waals surface area contributed by atoms with Gasteiger partial charge in [0.1, 0.15) is 0 Å². The second kappa shape index (κ2) is 7.14. The lowest BCUT2D eigenvalue weighted by molar-refractivity contribution is 0.278. The molecule has 2 nitrogen and oxygen atoms in total. The summed E-state index contributed by atoms with van der Waals surface area (Å²) in [6.45, 7) is 8.34. The van der Waals surface area contributed by atoms with Crippen molar-refractivity contribution in [3.63, 3.8) is 0 Å². The highest BCUT2D eigenvalue weighted by Crippen LogP contribution is 2.19. The number of hydrogen-bond donors (Lipinski definition) is 1. The van der Waals surface area contributed by atoms with Crippen LogP contribution in [-0.2, 0) is 0 Å². The first-order valence-corrected chi connectivity index (χ1v) is 7.47. The van der Waals surface area contributed by atoms with Crippen LogP contribution in [0.5, 0.6) is 0 Å². The van der Waals surface area contributed by atoms with Crippen molar-refractivity contribution in [1.82, 2.24) is 10.2 Å². The van der Waals surface area contributed by atoms with Gasteiger partial charge in [0.25, 0.3) is 0 Å². The van der Waals surface area contributed by atoms with E-state index in [-0.39, 0.29) is 6.04 Å². The van der Waals surface area contributed by atoms with Crippen LogP contribution in [-0.4, -0.2) is 31.1 Å². The largest absolute Gasteiger partial charge is 0.310 e.